The van der Waals surface area contributed by atoms with Gasteiger partial charge in [-0.2, -0.15) is 0 Å². The Morgan fingerprint density at radius 1 is 1.00 bits per heavy atom. The zero-order chi connectivity index (χ0) is 20.1. The summed E-state index contributed by atoms with van der Waals surface area (Å²) in [7, 11) is 0. The van der Waals surface area contributed by atoms with Crippen LogP contribution in [0.5, 0.6) is 5.75 Å². The molecule has 0 N–H and O–H groups in total. The first-order valence-electron chi connectivity index (χ1n) is 10.1. The standard InChI is InChI=1S/C25H25NO3/c1-2-28-25(27)21-10-8-19(9-11-21)24(18-6-7-18)20-12-14-23(15-13-20)29-17-22-5-3-4-16-26-22/h3-5,8-16,18,24H,2,6-7,17H2,1H3. The molecule has 1 aromatic heterocycles. The van der Waals surface area contributed by atoms with Gasteiger partial charge in [0.2, 0.25) is 0 Å². The van der Waals surface area contributed by atoms with E-state index in [-0.39, 0.29) is 5.97 Å². The minimum absolute atomic E-state index is 0.267. The summed E-state index contributed by atoms with van der Waals surface area (Å²) in [5.74, 6) is 1.57. The summed E-state index contributed by atoms with van der Waals surface area (Å²) in [6.45, 7) is 2.67. The van der Waals surface area contributed by atoms with Crippen LogP contribution >= 0.6 is 0 Å². The van der Waals surface area contributed by atoms with Crippen molar-refractivity contribution in [2.75, 3.05) is 6.61 Å². The van der Waals surface area contributed by atoms with Crippen molar-refractivity contribution in [1.29, 1.82) is 0 Å². The van der Waals surface area contributed by atoms with Gasteiger partial charge in [0.1, 0.15) is 12.4 Å². The molecule has 4 rings (SSSR count). The van der Waals surface area contributed by atoms with Gasteiger partial charge in [0.15, 0.2) is 0 Å². The minimum atomic E-state index is -0.267. The van der Waals surface area contributed by atoms with E-state index in [0.717, 1.165) is 11.4 Å². The van der Waals surface area contributed by atoms with Crippen LogP contribution in [0, 0.1) is 5.92 Å². The molecule has 0 aliphatic heterocycles. The molecule has 29 heavy (non-hydrogen) atoms. The maximum absolute atomic E-state index is 11.9. The number of carbonyl (C=O) groups excluding carboxylic acids is 1. The number of pyridine rings is 1. The second-order valence-corrected chi connectivity index (χ2v) is 7.34. The van der Waals surface area contributed by atoms with Crippen LogP contribution in [0.25, 0.3) is 0 Å². The van der Waals surface area contributed by atoms with Crippen molar-refractivity contribution < 1.29 is 14.3 Å². The fraction of sp³-hybridized carbons (Fsp3) is 0.280. The number of aromatic nitrogens is 1. The van der Waals surface area contributed by atoms with Gasteiger partial charge in [0.05, 0.1) is 17.9 Å². The highest BCUT2D eigenvalue weighted by atomic mass is 16.5. The summed E-state index contributed by atoms with van der Waals surface area (Å²) in [4.78, 5) is 16.2. The Labute approximate surface area is 171 Å². The average Bonchev–Trinajstić information content (AvgIpc) is 3.60. The molecule has 1 saturated carbocycles. The highest BCUT2D eigenvalue weighted by molar-refractivity contribution is 5.89. The van der Waals surface area contributed by atoms with Gasteiger partial charge in [0, 0.05) is 12.1 Å². The van der Waals surface area contributed by atoms with Crippen LogP contribution in [0.2, 0.25) is 0 Å². The van der Waals surface area contributed by atoms with E-state index in [2.05, 4.69) is 29.2 Å². The number of esters is 1. The number of ether oxygens (including phenoxy) is 2. The average molecular weight is 387 g/mol. The molecule has 1 heterocycles. The summed E-state index contributed by atoms with van der Waals surface area (Å²) >= 11 is 0. The maximum atomic E-state index is 11.9. The Morgan fingerprint density at radius 2 is 1.69 bits per heavy atom. The molecule has 3 aromatic rings. The highest BCUT2D eigenvalue weighted by Gasteiger charge is 2.33. The van der Waals surface area contributed by atoms with Crippen LogP contribution in [0.15, 0.2) is 72.9 Å². The van der Waals surface area contributed by atoms with Gasteiger partial charge in [-0.05, 0) is 73.2 Å². The summed E-state index contributed by atoms with van der Waals surface area (Å²) in [5, 5.41) is 0. The van der Waals surface area contributed by atoms with Crippen LogP contribution < -0.4 is 4.74 Å². The fourth-order valence-electron chi connectivity index (χ4n) is 3.62. The van der Waals surface area contributed by atoms with E-state index in [1.807, 2.05) is 49.4 Å². The Bertz CT molecular complexity index is 932. The van der Waals surface area contributed by atoms with E-state index in [0.29, 0.717) is 30.6 Å². The monoisotopic (exact) mass is 387 g/mol. The van der Waals surface area contributed by atoms with Gasteiger partial charge in [-0.15, -0.1) is 0 Å². The van der Waals surface area contributed by atoms with Crippen molar-refractivity contribution in [3.63, 3.8) is 0 Å². The van der Waals surface area contributed by atoms with E-state index in [9.17, 15) is 4.79 Å². The van der Waals surface area contributed by atoms with E-state index in [4.69, 9.17) is 9.47 Å². The smallest absolute Gasteiger partial charge is 0.338 e. The molecule has 2 aromatic carbocycles. The van der Waals surface area contributed by atoms with E-state index >= 15 is 0 Å². The number of rotatable bonds is 8. The third kappa shape index (κ3) is 4.83. The second-order valence-electron chi connectivity index (χ2n) is 7.34. The lowest BCUT2D eigenvalue weighted by molar-refractivity contribution is 0.0526. The number of carbonyl (C=O) groups is 1. The lowest BCUT2D eigenvalue weighted by Crippen LogP contribution is -2.07. The molecule has 1 unspecified atom stereocenters. The largest absolute Gasteiger partial charge is 0.487 e. The quantitative estimate of drug-likeness (QED) is 0.487. The first kappa shape index (κ1) is 19.2. The van der Waals surface area contributed by atoms with Crippen LogP contribution in [0.4, 0.5) is 0 Å². The Hall–Kier alpha value is -3.14. The second kappa shape index (κ2) is 8.91. The van der Waals surface area contributed by atoms with Crippen molar-refractivity contribution in [2.45, 2.75) is 32.3 Å². The molecule has 0 amide bonds. The zero-order valence-corrected chi connectivity index (χ0v) is 16.6. The topological polar surface area (TPSA) is 48.4 Å². The molecule has 0 radical (unpaired) electrons. The van der Waals surface area contributed by atoms with Gasteiger partial charge >= 0.3 is 5.97 Å². The molecule has 0 bridgehead atoms. The first-order valence-corrected chi connectivity index (χ1v) is 10.1. The summed E-state index contributed by atoms with van der Waals surface area (Å²) in [6.07, 6.45) is 4.25. The molecule has 1 aliphatic carbocycles. The molecular weight excluding hydrogens is 362 g/mol. The van der Waals surface area contributed by atoms with Gasteiger partial charge in [-0.3, -0.25) is 4.98 Å². The van der Waals surface area contributed by atoms with Crippen molar-refractivity contribution >= 4 is 5.97 Å². The minimum Gasteiger partial charge on any atom is -0.487 e. The third-order valence-corrected chi connectivity index (χ3v) is 5.23. The van der Waals surface area contributed by atoms with Crippen LogP contribution in [-0.2, 0) is 11.3 Å². The lowest BCUT2D eigenvalue weighted by Gasteiger charge is -2.18. The summed E-state index contributed by atoms with van der Waals surface area (Å²) in [6, 6.07) is 22.0. The summed E-state index contributed by atoms with van der Waals surface area (Å²) < 4.78 is 10.9. The molecule has 0 spiro atoms. The summed E-state index contributed by atoms with van der Waals surface area (Å²) in [5.41, 5.74) is 4.03. The maximum Gasteiger partial charge on any atom is 0.338 e. The number of nitrogens with zero attached hydrogens (tertiary/aromatic N) is 1. The zero-order valence-electron chi connectivity index (χ0n) is 16.6. The van der Waals surface area contributed by atoms with Gasteiger partial charge in [0.25, 0.3) is 0 Å². The van der Waals surface area contributed by atoms with Gasteiger partial charge in [-0.1, -0.05) is 30.3 Å². The first-order chi connectivity index (χ1) is 14.2. The van der Waals surface area contributed by atoms with Crippen LogP contribution in [0.3, 0.4) is 0 Å². The van der Waals surface area contributed by atoms with Crippen molar-refractivity contribution in [1.82, 2.24) is 4.98 Å². The predicted molar refractivity (Wildman–Crippen MR) is 112 cm³/mol. The van der Waals surface area contributed by atoms with Crippen LogP contribution in [0.1, 0.15) is 52.9 Å². The van der Waals surface area contributed by atoms with E-state index in [1.165, 1.54) is 24.0 Å². The molecule has 1 aliphatic rings. The van der Waals surface area contributed by atoms with Crippen LogP contribution in [-0.4, -0.2) is 17.6 Å². The Kier molecular flexibility index (Phi) is 5.89. The Morgan fingerprint density at radius 3 is 2.28 bits per heavy atom. The van der Waals surface area contributed by atoms with E-state index in [1.54, 1.807) is 6.20 Å². The number of hydrogen-bond donors (Lipinski definition) is 0. The fourth-order valence-corrected chi connectivity index (χ4v) is 3.62. The molecule has 4 heteroatoms. The third-order valence-electron chi connectivity index (χ3n) is 5.23. The molecular formula is C25H25NO3. The lowest BCUT2D eigenvalue weighted by atomic mass is 9.87. The van der Waals surface area contributed by atoms with E-state index < -0.39 is 0 Å². The predicted octanol–water partition coefficient (Wildman–Crippen LogP) is 5.38. The normalized spacial score (nSPS) is 14.2. The van der Waals surface area contributed by atoms with Crippen molar-refractivity contribution in [3.05, 3.63) is 95.3 Å². The molecule has 0 saturated heterocycles. The molecule has 4 nitrogen and oxygen atoms in total. The Balaban J connectivity index is 1.47. The number of hydrogen-bond acceptors (Lipinski definition) is 4. The highest BCUT2D eigenvalue weighted by Crippen LogP contribution is 2.46. The van der Waals surface area contributed by atoms with Crippen molar-refractivity contribution in [3.8, 4) is 5.75 Å². The van der Waals surface area contributed by atoms with Crippen molar-refractivity contribution in [2.24, 2.45) is 5.92 Å². The van der Waals surface area contributed by atoms with Gasteiger partial charge in [-0.25, -0.2) is 4.79 Å². The molecule has 148 valence electrons. The molecule has 1 fully saturated rings. The van der Waals surface area contributed by atoms with Gasteiger partial charge < -0.3 is 9.47 Å². The molecule has 1 atom stereocenters. The SMILES string of the molecule is CCOC(=O)c1ccc(C(c2ccc(OCc3ccccn3)cc2)C2CC2)cc1. The number of benzene rings is 2.